The largest absolute Gasteiger partial charge is 0.476 e. The molecule has 0 spiro atoms. The topological polar surface area (TPSA) is 94.9 Å². The highest BCUT2D eigenvalue weighted by molar-refractivity contribution is 6.02. The molecule has 8 nitrogen and oxygen atoms in total. The summed E-state index contributed by atoms with van der Waals surface area (Å²) >= 11 is 0. The number of hydrogen-bond acceptors (Lipinski definition) is 4. The van der Waals surface area contributed by atoms with Crippen molar-refractivity contribution in [2.45, 2.75) is 13.5 Å². The first-order valence-corrected chi connectivity index (χ1v) is 8.44. The van der Waals surface area contributed by atoms with E-state index in [2.05, 4.69) is 10.1 Å². The number of carboxylic acid groups (broad SMARTS) is 1. The van der Waals surface area contributed by atoms with Crippen LogP contribution in [-0.2, 0) is 13.6 Å². The molecule has 0 saturated carbocycles. The summed E-state index contributed by atoms with van der Waals surface area (Å²) in [6.07, 6.45) is 2.98. The molecular formula is C19H17N5O3. The molecule has 0 aliphatic rings. The minimum absolute atomic E-state index is 0.0409. The van der Waals surface area contributed by atoms with E-state index in [0.29, 0.717) is 17.7 Å². The molecule has 27 heavy (non-hydrogen) atoms. The van der Waals surface area contributed by atoms with Crippen LogP contribution in [0.1, 0.15) is 17.4 Å². The van der Waals surface area contributed by atoms with Crippen LogP contribution in [0.3, 0.4) is 0 Å². The van der Waals surface area contributed by atoms with Gasteiger partial charge in [0.05, 0.1) is 11.2 Å². The standard InChI is InChI=1S/C19H17N5O3/c1-3-23-15(10-13-8-9-20-16(17(13)23)18(25)26)12-4-6-14(7-5-12)24-11-21-22(2)19(24)27/h4-11H,3H2,1-2H3,(H,25,26). The lowest BCUT2D eigenvalue weighted by atomic mass is 10.1. The molecule has 4 rings (SSSR count). The molecular weight excluding hydrogens is 346 g/mol. The van der Waals surface area contributed by atoms with Gasteiger partial charge in [-0.2, -0.15) is 5.10 Å². The van der Waals surface area contributed by atoms with Crippen LogP contribution in [0.15, 0.2) is 53.7 Å². The van der Waals surface area contributed by atoms with Gasteiger partial charge in [0.2, 0.25) is 0 Å². The van der Waals surface area contributed by atoms with Crippen molar-refractivity contribution in [3.8, 4) is 16.9 Å². The average molecular weight is 363 g/mol. The predicted molar refractivity (Wildman–Crippen MR) is 100 cm³/mol. The van der Waals surface area contributed by atoms with Gasteiger partial charge >= 0.3 is 11.7 Å². The third kappa shape index (κ3) is 2.62. The molecule has 0 atom stereocenters. The predicted octanol–water partition coefficient (Wildman–Crippen LogP) is 2.31. The number of hydrogen-bond donors (Lipinski definition) is 1. The van der Waals surface area contributed by atoms with Crippen molar-refractivity contribution in [2.24, 2.45) is 7.05 Å². The van der Waals surface area contributed by atoms with Crippen molar-refractivity contribution in [1.82, 2.24) is 23.9 Å². The average Bonchev–Trinajstić information content (AvgIpc) is 3.22. The number of aromatic nitrogens is 5. The Kier molecular flexibility index (Phi) is 3.88. The van der Waals surface area contributed by atoms with Gasteiger partial charge in [-0.3, -0.25) is 0 Å². The van der Waals surface area contributed by atoms with Gasteiger partial charge in [-0.1, -0.05) is 12.1 Å². The Hall–Kier alpha value is -3.68. The maximum absolute atomic E-state index is 12.0. The highest BCUT2D eigenvalue weighted by atomic mass is 16.4. The van der Waals surface area contributed by atoms with Gasteiger partial charge in [0.1, 0.15) is 6.33 Å². The first kappa shape index (κ1) is 16.8. The van der Waals surface area contributed by atoms with E-state index in [1.165, 1.54) is 21.8 Å². The molecule has 3 heterocycles. The molecule has 0 fully saturated rings. The Morgan fingerprint density at radius 2 is 1.93 bits per heavy atom. The van der Waals surface area contributed by atoms with Crippen LogP contribution < -0.4 is 5.69 Å². The summed E-state index contributed by atoms with van der Waals surface area (Å²) in [7, 11) is 1.60. The van der Waals surface area contributed by atoms with Crippen molar-refractivity contribution in [3.05, 3.63) is 65.1 Å². The Morgan fingerprint density at radius 3 is 2.52 bits per heavy atom. The van der Waals surface area contributed by atoms with Gasteiger partial charge in [0.15, 0.2) is 5.69 Å². The highest BCUT2D eigenvalue weighted by Crippen LogP contribution is 2.30. The molecule has 0 aliphatic heterocycles. The number of carbonyl (C=O) groups is 1. The fraction of sp³-hybridized carbons (Fsp3) is 0.158. The fourth-order valence-corrected chi connectivity index (χ4v) is 3.29. The van der Waals surface area contributed by atoms with Crippen molar-refractivity contribution in [3.63, 3.8) is 0 Å². The molecule has 0 unspecified atom stereocenters. The van der Waals surface area contributed by atoms with Crippen molar-refractivity contribution >= 4 is 16.9 Å². The number of nitrogens with zero attached hydrogens (tertiary/aromatic N) is 5. The summed E-state index contributed by atoms with van der Waals surface area (Å²) < 4.78 is 4.67. The number of aromatic carboxylic acids is 1. The molecule has 0 saturated heterocycles. The number of pyridine rings is 1. The molecule has 8 heteroatoms. The SMILES string of the molecule is CCn1c(-c2ccc(-n3cnn(C)c3=O)cc2)cc2ccnc(C(=O)O)c21. The minimum Gasteiger partial charge on any atom is -0.476 e. The molecule has 1 aromatic carbocycles. The van der Waals surface area contributed by atoms with Crippen LogP contribution >= 0.6 is 0 Å². The third-order valence-electron chi connectivity index (χ3n) is 4.59. The summed E-state index contributed by atoms with van der Waals surface area (Å²) in [5.74, 6) is -1.05. The van der Waals surface area contributed by atoms with E-state index in [-0.39, 0.29) is 11.4 Å². The third-order valence-corrected chi connectivity index (χ3v) is 4.59. The number of carboxylic acids is 1. The summed E-state index contributed by atoms with van der Waals surface area (Å²) in [6.45, 7) is 2.57. The smallest absolute Gasteiger partial charge is 0.356 e. The second-order valence-electron chi connectivity index (χ2n) is 6.13. The molecule has 0 radical (unpaired) electrons. The minimum atomic E-state index is -1.05. The normalized spacial score (nSPS) is 11.2. The van der Waals surface area contributed by atoms with Gasteiger partial charge in [0.25, 0.3) is 0 Å². The molecule has 136 valence electrons. The summed E-state index contributed by atoms with van der Waals surface area (Å²) in [5, 5.41) is 14.2. The van der Waals surface area contributed by atoms with Crippen LogP contribution in [0.4, 0.5) is 0 Å². The Morgan fingerprint density at radius 1 is 1.19 bits per heavy atom. The van der Waals surface area contributed by atoms with E-state index < -0.39 is 5.97 Å². The molecule has 0 bridgehead atoms. The first-order valence-electron chi connectivity index (χ1n) is 8.44. The number of fused-ring (bicyclic) bond motifs is 1. The van der Waals surface area contributed by atoms with Crippen LogP contribution in [0, 0.1) is 0 Å². The van der Waals surface area contributed by atoms with Gasteiger partial charge < -0.3 is 9.67 Å². The zero-order valence-corrected chi connectivity index (χ0v) is 14.8. The fourth-order valence-electron chi connectivity index (χ4n) is 3.29. The molecule has 1 N–H and O–H groups in total. The number of benzene rings is 1. The van der Waals surface area contributed by atoms with Crippen molar-refractivity contribution in [2.75, 3.05) is 0 Å². The molecule has 0 aliphatic carbocycles. The summed E-state index contributed by atoms with van der Waals surface area (Å²) in [4.78, 5) is 27.6. The van der Waals surface area contributed by atoms with Crippen LogP contribution in [0.2, 0.25) is 0 Å². The first-order chi connectivity index (χ1) is 13.0. The van der Waals surface area contributed by atoms with Gasteiger partial charge in [-0.05, 0) is 36.8 Å². The molecule has 0 amide bonds. The monoisotopic (exact) mass is 363 g/mol. The summed E-state index contributed by atoms with van der Waals surface area (Å²) in [6, 6.07) is 11.3. The maximum Gasteiger partial charge on any atom is 0.356 e. The Bertz CT molecular complexity index is 1210. The van der Waals surface area contributed by atoms with E-state index >= 15 is 0 Å². The van der Waals surface area contributed by atoms with Gasteiger partial charge in [-0.25, -0.2) is 23.8 Å². The second-order valence-corrected chi connectivity index (χ2v) is 6.13. The second kappa shape index (κ2) is 6.24. The Balaban J connectivity index is 1.85. The van der Waals surface area contributed by atoms with E-state index in [1.54, 1.807) is 13.1 Å². The zero-order valence-electron chi connectivity index (χ0n) is 14.8. The lowest BCUT2D eigenvalue weighted by Gasteiger charge is -2.10. The maximum atomic E-state index is 12.0. The van der Waals surface area contributed by atoms with E-state index in [9.17, 15) is 14.7 Å². The number of aryl methyl sites for hydroxylation is 2. The van der Waals surface area contributed by atoms with E-state index in [4.69, 9.17) is 0 Å². The van der Waals surface area contributed by atoms with Gasteiger partial charge in [0, 0.05) is 30.9 Å². The van der Waals surface area contributed by atoms with Crippen molar-refractivity contribution in [1.29, 1.82) is 0 Å². The van der Waals surface area contributed by atoms with Gasteiger partial charge in [-0.15, -0.1) is 0 Å². The summed E-state index contributed by atoms with van der Waals surface area (Å²) in [5.41, 5.74) is 2.96. The van der Waals surface area contributed by atoms with E-state index in [1.807, 2.05) is 41.8 Å². The quantitative estimate of drug-likeness (QED) is 0.600. The lowest BCUT2D eigenvalue weighted by Crippen LogP contribution is -2.21. The molecule has 3 aromatic heterocycles. The molecule has 4 aromatic rings. The Labute approximate surface area is 153 Å². The van der Waals surface area contributed by atoms with Crippen molar-refractivity contribution < 1.29 is 9.90 Å². The lowest BCUT2D eigenvalue weighted by molar-refractivity contribution is 0.0692. The van der Waals surface area contributed by atoms with Crippen LogP contribution in [0.5, 0.6) is 0 Å². The highest BCUT2D eigenvalue weighted by Gasteiger charge is 2.17. The van der Waals surface area contributed by atoms with Crippen LogP contribution in [0.25, 0.3) is 27.8 Å². The van der Waals surface area contributed by atoms with Crippen LogP contribution in [-0.4, -0.2) is 35.0 Å². The number of rotatable bonds is 4. The zero-order chi connectivity index (χ0) is 19.1. The van der Waals surface area contributed by atoms with E-state index in [0.717, 1.165) is 16.6 Å².